The van der Waals surface area contributed by atoms with Crippen LogP contribution < -0.4 is 9.62 Å². The minimum atomic E-state index is -3.83. The Morgan fingerprint density at radius 1 is 0.875 bits per heavy atom. The van der Waals surface area contributed by atoms with Crippen molar-refractivity contribution in [3.05, 3.63) is 101 Å². The lowest BCUT2D eigenvalue weighted by Gasteiger charge is -2.33. The Balaban J connectivity index is 2.01. The lowest BCUT2D eigenvalue weighted by molar-refractivity contribution is -0.140. The van der Waals surface area contributed by atoms with Gasteiger partial charge in [-0.2, -0.15) is 0 Å². The maximum Gasteiger partial charge on any atom is 0.244 e. The highest BCUT2D eigenvalue weighted by Gasteiger charge is 2.33. The van der Waals surface area contributed by atoms with Crippen LogP contribution >= 0.6 is 0 Å². The van der Waals surface area contributed by atoms with E-state index in [2.05, 4.69) is 5.32 Å². The van der Waals surface area contributed by atoms with Gasteiger partial charge in [-0.3, -0.25) is 13.9 Å². The zero-order valence-electron chi connectivity index (χ0n) is 23.3. The molecular weight excluding hydrogens is 529 g/mol. The first kappa shape index (κ1) is 30.8. The molecule has 0 aliphatic heterocycles. The topological polar surface area (TPSA) is 86.8 Å². The molecule has 0 aromatic heterocycles. The largest absolute Gasteiger partial charge is 0.354 e. The first-order valence-corrected chi connectivity index (χ1v) is 15.4. The molecule has 1 unspecified atom stereocenters. The number of hydrogen-bond donors (Lipinski definition) is 1. The van der Waals surface area contributed by atoms with Crippen LogP contribution in [-0.4, -0.2) is 50.5 Å². The van der Waals surface area contributed by atoms with Gasteiger partial charge in [-0.15, -0.1) is 0 Å². The fourth-order valence-electron chi connectivity index (χ4n) is 4.36. The average molecular weight is 568 g/mol. The summed E-state index contributed by atoms with van der Waals surface area (Å²) in [6, 6.07) is 21.1. The molecule has 0 spiro atoms. The highest BCUT2D eigenvalue weighted by Crippen LogP contribution is 2.21. The second-order valence-corrected chi connectivity index (χ2v) is 11.7. The van der Waals surface area contributed by atoms with Crippen LogP contribution in [0.1, 0.15) is 43.4 Å². The van der Waals surface area contributed by atoms with Gasteiger partial charge in [0.15, 0.2) is 0 Å². The number of halogens is 1. The number of hydrogen-bond acceptors (Lipinski definition) is 4. The van der Waals surface area contributed by atoms with Crippen molar-refractivity contribution in [2.24, 2.45) is 0 Å². The maximum atomic E-state index is 14.0. The Morgan fingerprint density at radius 2 is 1.50 bits per heavy atom. The van der Waals surface area contributed by atoms with Gasteiger partial charge in [0.05, 0.1) is 11.9 Å². The highest BCUT2D eigenvalue weighted by molar-refractivity contribution is 7.92. The fourth-order valence-corrected chi connectivity index (χ4v) is 5.21. The van der Waals surface area contributed by atoms with Crippen molar-refractivity contribution >= 4 is 27.5 Å². The average Bonchev–Trinajstić information content (AvgIpc) is 2.94. The van der Waals surface area contributed by atoms with E-state index in [9.17, 15) is 22.4 Å². The second kappa shape index (κ2) is 14.6. The summed E-state index contributed by atoms with van der Waals surface area (Å²) in [4.78, 5) is 28.9. The van der Waals surface area contributed by atoms with Gasteiger partial charge < -0.3 is 10.2 Å². The Labute approximate surface area is 237 Å². The van der Waals surface area contributed by atoms with Crippen molar-refractivity contribution in [3.63, 3.8) is 0 Å². The molecule has 0 aliphatic carbocycles. The van der Waals surface area contributed by atoms with Gasteiger partial charge >= 0.3 is 0 Å². The summed E-state index contributed by atoms with van der Waals surface area (Å²) < 4.78 is 40.4. The number of unbranched alkanes of at least 4 members (excludes halogenated alkanes) is 1. The van der Waals surface area contributed by atoms with Crippen LogP contribution in [0.2, 0.25) is 0 Å². The second-order valence-electron chi connectivity index (χ2n) is 9.79. The van der Waals surface area contributed by atoms with Crippen molar-refractivity contribution in [1.29, 1.82) is 0 Å². The SMILES string of the molecule is CCCCNC(=O)C(Cc1ccccc1)N(Cc1ccc(F)cc1)C(=O)CN(c1ccc(CC)cc1)S(C)(=O)=O. The Bertz CT molecular complexity index is 1350. The third kappa shape index (κ3) is 8.91. The predicted molar refractivity (Wildman–Crippen MR) is 157 cm³/mol. The maximum absolute atomic E-state index is 14.0. The minimum Gasteiger partial charge on any atom is -0.354 e. The summed E-state index contributed by atoms with van der Waals surface area (Å²) in [5.41, 5.74) is 2.87. The van der Waals surface area contributed by atoms with Crippen molar-refractivity contribution in [2.75, 3.05) is 23.7 Å². The van der Waals surface area contributed by atoms with Gasteiger partial charge in [-0.05, 0) is 53.8 Å². The van der Waals surface area contributed by atoms with Gasteiger partial charge in [0.2, 0.25) is 21.8 Å². The molecule has 1 N–H and O–H groups in total. The van der Waals surface area contributed by atoms with Crippen molar-refractivity contribution < 1.29 is 22.4 Å². The smallest absolute Gasteiger partial charge is 0.244 e. The first-order chi connectivity index (χ1) is 19.1. The molecule has 0 saturated carbocycles. The molecule has 9 heteroatoms. The van der Waals surface area contributed by atoms with Gasteiger partial charge in [0.1, 0.15) is 18.4 Å². The van der Waals surface area contributed by atoms with Crippen LogP contribution in [0.25, 0.3) is 0 Å². The van der Waals surface area contributed by atoms with Crippen LogP contribution in [-0.2, 0) is 39.0 Å². The number of rotatable bonds is 14. The van der Waals surface area contributed by atoms with E-state index in [1.807, 2.05) is 56.3 Å². The van der Waals surface area contributed by atoms with E-state index in [0.29, 0.717) is 17.8 Å². The normalized spacial score (nSPS) is 12.0. The quantitative estimate of drug-likeness (QED) is 0.286. The first-order valence-electron chi connectivity index (χ1n) is 13.5. The molecule has 0 saturated heterocycles. The number of benzene rings is 3. The van der Waals surface area contributed by atoms with E-state index < -0.39 is 34.3 Å². The summed E-state index contributed by atoms with van der Waals surface area (Å²) in [5.74, 6) is -1.29. The molecule has 2 amide bonds. The molecule has 0 bridgehead atoms. The number of carbonyl (C=O) groups is 2. The van der Waals surface area contributed by atoms with E-state index >= 15 is 0 Å². The van der Waals surface area contributed by atoms with Crippen molar-refractivity contribution in [2.45, 2.75) is 52.1 Å². The predicted octanol–water partition coefficient (Wildman–Crippen LogP) is 4.71. The van der Waals surface area contributed by atoms with E-state index in [0.717, 1.165) is 41.0 Å². The van der Waals surface area contributed by atoms with Crippen LogP contribution in [0.3, 0.4) is 0 Å². The summed E-state index contributed by atoms with van der Waals surface area (Å²) in [7, 11) is -3.83. The number of carbonyl (C=O) groups excluding carboxylic acids is 2. The lowest BCUT2D eigenvalue weighted by atomic mass is 10.0. The molecule has 214 valence electrons. The monoisotopic (exact) mass is 567 g/mol. The standard InChI is InChI=1S/C31H38FN3O4S/c1-4-6-20-33-31(37)29(21-25-10-8-7-9-11-25)34(22-26-12-16-27(32)17-13-26)30(36)23-35(40(3,38)39)28-18-14-24(5-2)15-19-28/h7-19,29H,4-6,20-23H2,1-3H3,(H,33,37). The minimum absolute atomic E-state index is 0.00415. The summed E-state index contributed by atoms with van der Waals surface area (Å²) >= 11 is 0. The van der Waals surface area contributed by atoms with E-state index in [-0.39, 0.29) is 18.9 Å². The van der Waals surface area contributed by atoms with E-state index in [1.165, 1.54) is 17.0 Å². The van der Waals surface area contributed by atoms with Gasteiger partial charge in [-0.1, -0.05) is 74.9 Å². The molecule has 3 aromatic carbocycles. The van der Waals surface area contributed by atoms with E-state index in [1.54, 1.807) is 24.3 Å². The molecule has 0 radical (unpaired) electrons. The van der Waals surface area contributed by atoms with Crippen LogP contribution in [0.4, 0.5) is 10.1 Å². The number of nitrogens with one attached hydrogen (secondary N) is 1. The molecular formula is C31H38FN3O4S. The third-order valence-corrected chi connectivity index (χ3v) is 7.82. The molecule has 1 atom stereocenters. The zero-order chi connectivity index (χ0) is 29.1. The Kier molecular flexibility index (Phi) is 11.3. The number of aryl methyl sites for hydroxylation is 1. The summed E-state index contributed by atoms with van der Waals surface area (Å²) in [6.45, 7) is 3.99. The van der Waals surface area contributed by atoms with Crippen molar-refractivity contribution in [3.8, 4) is 0 Å². The molecule has 3 rings (SSSR count). The number of nitrogens with zero attached hydrogens (tertiary/aromatic N) is 2. The van der Waals surface area contributed by atoms with Gasteiger partial charge in [0.25, 0.3) is 0 Å². The highest BCUT2D eigenvalue weighted by atomic mass is 32.2. The number of amides is 2. The number of anilines is 1. The Morgan fingerprint density at radius 3 is 2.08 bits per heavy atom. The summed E-state index contributed by atoms with van der Waals surface area (Å²) in [5, 5.41) is 2.94. The zero-order valence-corrected chi connectivity index (χ0v) is 24.2. The van der Waals surface area contributed by atoms with Crippen LogP contribution in [0.5, 0.6) is 0 Å². The number of sulfonamides is 1. The molecule has 7 nitrogen and oxygen atoms in total. The Hall–Kier alpha value is -3.72. The third-order valence-electron chi connectivity index (χ3n) is 6.68. The summed E-state index contributed by atoms with van der Waals surface area (Å²) in [6.07, 6.45) is 3.75. The van der Waals surface area contributed by atoms with Gasteiger partial charge in [0, 0.05) is 19.5 Å². The van der Waals surface area contributed by atoms with Crippen molar-refractivity contribution in [1.82, 2.24) is 10.2 Å². The van der Waals surface area contributed by atoms with E-state index in [4.69, 9.17) is 0 Å². The van der Waals surface area contributed by atoms with Gasteiger partial charge in [-0.25, -0.2) is 12.8 Å². The fraction of sp³-hybridized carbons (Fsp3) is 0.355. The van der Waals surface area contributed by atoms with Crippen LogP contribution in [0, 0.1) is 5.82 Å². The molecule has 0 heterocycles. The lowest BCUT2D eigenvalue weighted by Crippen LogP contribution is -2.53. The van der Waals surface area contributed by atoms with Crippen LogP contribution in [0.15, 0.2) is 78.9 Å². The molecule has 40 heavy (non-hydrogen) atoms. The molecule has 0 aliphatic rings. The molecule has 0 fully saturated rings. The molecule has 3 aromatic rings.